The molecule has 7 atom stereocenters. The quantitative estimate of drug-likeness (QED) is 0.176. The van der Waals surface area contributed by atoms with Crippen molar-refractivity contribution in [1.82, 2.24) is 20.9 Å². The molecule has 12 nitrogen and oxygen atoms in total. The number of rotatable bonds is 15. The molecule has 5 N–H and O–H groups in total. The molecule has 4 amide bonds. The second kappa shape index (κ2) is 15.8. The third kappa shape index (κ3) is 8.91. The zero-order valence-electron chi connectivity index (χ0n) is 27.4. The highest BCUT2D eigenvalue weighted by Gasteiger charge is 2.61. The van der Waals surface area contributed by atoms with E-state index in [1.807, 2.05) is 0 Å². The molecule has 1 aliphatic heterocycles. The fourth-order valence-corrected chi connectivity index (χ4v) is 6.31. The second-order valence-corrected chi connectivity index (χ2v) is 13.2. The molecule has 260 valence electrons. The first-order valence-corrected chi connectivity index (χ1v) is 16.1. The van der Waals surface area contributed by atoms with Gasteiger partial charge in [0.15, 0.2) is 0 Å². The van der Waals surface area contributed by atoms with E-state index in [9.17, 15) is 47.8 Å². The van der Waals surface area contributed by atoms with Gasteiger partial charge >= 0.3 is 5.97 Å². The van der Waals surface area contributed by atoms with Crippen molar-refractivity contribution in [2.75, 3.05) is 6.54 Å². The number of fused-ring (bicyclic) bond motifs is 1. The van der Waals surface area contributed by atoms with E-state index >= 15 is 0 Å². The number of halogens is 2. The van der Waals surface area contributed by atoms with Crippen LogP contribution in [0.4, 0.5) is 8.78 Å². The lowest BCUT2D eigenvalue weighted by atomic mass is 9.91. The van der Waals surface area contributed by atoms with Gasteiger partial charge in [-0.2, -0.15) is 0 Å². The monoisotopic (exact) mass is 664 g/mol. The van der Waals surface area contributed by atoms with E-state index in [1.165, 1.54) is 0 Å². The highest BCUT2D eigenvalue weighted by Crippen LogP contribution is 2.51. The van der Waals surface area contributed by atoms with E-state index in [0.717, 1.165) is 4.90 Å². The van der Waals surface area contributed by atoms with Crippen LogP contribution in [-0.2, 0) is 35.2 Å². The number of carboxylic acids is 1. The number of ketones is 1. The molecule has 2 aliphatic rings. The van der Waals surface area contributed by atoms with Crippen LogP contribution in [0.5, 0.6) is 0 Å². The van der Waals surface area contributed by atoms with Crippen molar-refractivity contribution in [3.05, 3.63) is 35.9 Å². The van der Waals surface area contributed by atoms with E-state index in [4.69, 9.17) is 0 Å². The van der Waals surface area contributed by atoms with Crippen LogP contribution in [0.3, 0.4) is 0 Å². The number of likely N-dealkylation sites (tertiary alicyclic amines) is 1. The number of alkyl halides is 2. The van der Waals surface area contributed by atoms with E-state index in [2.05, 4.69) is 16.0 Å². The van der Waals surface area contributed by atoms with E-state index in [1.54, 1.807) is 65.0 Å². The molecule has 0 bridgehead atoms. The fraction of sp³-hybridized carbons (Fsp3) is 0.636. The summed E-state index contributed by atoms with van der Waals surface area (Å²) in [5, 5.41) is 27.1. The van der Waals surface area contributed by atoms with Gasteiger partial charge in [-0.05, 0) is 36.2 Å². The normalized spacial score (nSPS) is 22.6. The average Bonchev–Trinajstić information content (AvgIpc) is 3.55. The maximum atomic E-state index is 15.0. The van der Waals surface area contributed by atoms with E-state index in [0.29, 0.717) is 12.0 Å². The van der Waals surface area contributed by atoms with Crippen LogP contribution >= 0.6 is 0 Å². The molecule has 14 heteroatoms. The van der Waals surface area contributed by atoms with Crippen molar-refractivity contribution in [2.45, 2.75) is 103 Å². The Morgan fingerprint density at radius 1 is 0.957 bits per heavy atom. The summed E-state index contributed by atoms with van der Waals surface area (Å²) >= 11 is 0. The van der Waals surface area contributed by atoms with Crippen molar-refractivity contribution in [1.29, 1.82) is 0 Å². The first-order chi connectivity index (χ1) is 22.0. The standard InChI is InChI=1S/C33H46F2N4O8/c1-6-10-22(27(41)30(44)37-23(32(46)47)15-19-11-8-7-9-12-19)36-28(42)25-20-13-14-33(34,35)21(20)16-39(25)31(45)24(17(2)3)38-29(43)26(40)18(4)5/h7-9,11-12,17-18,20-26,40H,6,10,13-16H2,1-5H3,(H,36,42)(H,37,44)(H,38,43)(H,46,47)/t20-,21-,22?,23?,24-,25-,26-/m0/s1. The lowest BCUT2D eigenvalue weighted by Crippen LogP contribution is -2.59. The molecule has 0 aromatic heterocycles. The van der Waals surface area contributed by atoms with Crippen LogP contribution in [0.25, 0.3) is 0 Å². The van der Waals surface area contributed by atoms with Crippen LogP contribution in [0.2, 0.25) is 0 Å². The fourth-order valence-electron chi connectivity index (χ4n) is 6.31. The van der Waals surface area contributed by atoms with Gasteiger partial charge in [-0.25, -0.2) is 13.6 Å². The third-order valence-electron chi connectivity index (χ3n) is 9.01. The second-order valence-electron chi connectivity index (χ2n) is 13.2. The van der Waals surface area contributed by atoms with Gasteiger partial charge in [0, 0.05) is 25.3 Å². The van der Waals surface area contributed by atoms with Gasteiger partial charge in [-0.15, -0.1) is 0 Å². The largest absolute Gasteiger partial charge is 0.480 e. The predicted octanol–water partition coefficient (Wildman–Crippen LogP) is 1.68. The van der Waals surface area contributed by atoms with Crippen molar-refractivity contribution in [3.8, 4) is 0 Å². The molecule has 0 radical (unpaired) electrons. The number of aliphatic hydroxyl groups is 1. The summed E-state index contributed by atoms with van der Waals surface area (Å²) in [7, 11) is 0. The summed E-state index contributed by atoms with van der Waals surface area (Å²) < 4.78 is 29.9. The van der Waals surface area contributed by atoms with Crippen LogP contribution < -0.4 is 16.0 Å². The number of amides is 4. The van der Waals surface area contributed by atoms with Gasteiger partial charge in [0.25, 0.3) is 11.8 Å². The number of hydrogen-bond donors (Lipinski definition) is 5. The number of aliphatic hydroxyl groups excluding tert-OH is 1. The molecule has 2 fully saturated rings. The van der Waals surface area contributed by atoms with Crippen LogP contribution in [0.15, 0.2) is 30.3 Å². The number of aliphatic carboxylic acids is 1. The Bertz CT molecular complexity index is 1320. The molecular formula is C33H46F2N4O8. The Hall–Kier alpha value is -3.94. The summed E-state index contributed by atoms with van der Waals surface area (Å²) in [5.41, 5.74) is 0.606. The van der Waals surface area contributed by atoms with Gasteiger partial charge in [0.1, 0.15) is 24.2 Å². The Labute approximate surface area is 273 Å². The summed E-state index contributed by atoms with van der Waals surface area (Å²) in [6.07, 6.45) is -1.78. The van der Waals surface area contributed by atoms with Crippen LogP contribution in [0.1, 0.15) is 65.9 Å². The summed E-state index contributed by atoms with van der Waals surface area (Å²) in [6.45, 7) is 7.71. The van der Waals surface area contributed by atoms with E-state index in [-0.39, 0.29) is 19.3 Å². The molecule has 1 aromatic carbocycles. The average molecular weight is 665 g/mol. The summed E-state index contributed by atoms with van der Waals surface area (Å²) in [6, 6.07) is 2.95. The van der Waals surface area contributed by atoms with Gasteiger partial charge in [0.2, 0.25) is 23.5 Å². The molecule has 1 saturated heterocycles. The van der Waals surface area contributed by atoms with Gasteiger partial charge in [0.05, 0.1) is 6.04 Å². The Balaban J connectivity index is 1.84. The topological polar surface area (TPSA) is 182 Å². The Kier molecular flexibility index (Phi) is 12.6. The van der Waals surface area contributed by atoms with Crippen molar-refractivity contribution < 1.29 is 47.8 Å². The number of nitrogens with one attached hydrogen (secondary N) is 3. The predicted molar refractivity (Wildman–Crippen MR) is 166 cm³/mol. The maximum absolute atomic E-state index is 15.0. The minimum Gasteiger partial charge on any atom is -0.480 e. The van der Waals surface area contributed by atoms with Crippen molar-refractivity contribution in [2.24, 2.45) is 23.7 Å². The third-order valence-corrected chi connectivity index (χ3v) is 9.01. The smallest absolute Gasteiger partial charge is 0.326 e. The minimum absolute atomic E-state index is 0.0168. The SMILES string of the molecule is CCCC(NC(=O)[C@@H]1[C@H]2CCC(F)(F)[C@H]2CN1C(=O)[C@@H](NC(=O)[C@@H](O)C(C)C)C(C)C)C(=O)C(=O)NC(Cc1ccccc1)C(=O)O. The molecule has 1 aliphatic carbocycles. The molecule has 1 saturated carbocycles. The van der Waals surface area contributed by atoms with Crippen LogP contribution in [-0.4, -0.2) is 93.2 Å². The number of benzene rings is 1. The zero-order chi connectivity index (χ0) is 35.2. The lowest BCUT2D eigenvalue weighted by Gasteiger charge is -2.33. The first-order valence-electron chi connectivity index (χ1n) is 16.1. The number of nitrogens with zero attached hydrogens (tertiary/aromatic N) is 1. The zero-order valence-corrected chi connectivity index (χ0v) is 27.4. The number of hydrogen-bond acceptors (Lipinski definition) is 7. The summed E-state index contributed by atoms with van der Waals surface area (Å²) in [4.78, 5) is 79.5. The molecule has 3 rings (SSSR count). The van der Waals surface area contributed by atoms with Crippen molar-refractivity contribution in [3.63, 3.8) is 0 Å². The first kappa shape index (κ1) is 37.5. The molecular weight excluding hydrogens is 618 g/mol. The van der Waals surface area contributed by atoms with Crippen molar-refractivity contribution >= 4 is 35.4 Å². The molecule has 1 aromatic rings. The minimum atomic E-state index is -3.16. The molecule has 47 heavy (non-hydrogen) atoms. The molecule has 2 unspecified atom stereocenters. The highest BCUT2D eigenvalue weighted by atomic mass is 19.3. The van der Waals surface area contributed by atoms with Gasteiger partial charge < -0.3 is 31.1 Å². The molecule has 1 heterocycles. The Morgan fingerprint density at radius 2 is 1.60 bits per heavy atom. The maximum Gasteiger partial charge on any atom is 0.326 e. The number of carbonyl (C=O) groups is 6. The number of carboxylic acid groups (broad SMARTS) is 1. The highest BCUT2D eigenvalue weighted by molar-refractivity contribution is 6.38. The van der Waals surface area contributed by atoms with Gasteiger partial charge in [-0.1, -0.05) is 71.4 Å². The summed E-state index contributed by atoms with van der Waals surface area (Å²) in [5.74, 6) is -12.7. The van der Waals surface area contributed by atoms with E-state index < -0.39 is 108 Å². The number of carbonyl (C=O) groups excluding carboxylic acids is 5. The number of Topliss-reactive ketones (excluding diaryl/α,β-unsaturated/α-hetero) is 1. The van der Waals surface area contributed by atoms with Crippen LogP contribution in [0, 0.1) is 23.7 Å². The lowest BCUT2D eigenvalue weighted by molar-refractivity contribution is -0.147. The molecule has 0 spiro atoms. The Morgan fingerprint density at radius 3 is 2.15 bits per heavy atom. The van der Waals surface area contributed by atoms with Gasteiger partial charge in [-0.3, -0.25) is 24.0 Å².